The van der Waals surface area contributed by atoms with Gasteiger partial charge >= 0.3 is 0 Å². The van der Waals surface area contributed by atoms with Crippen LogP contribution in [0.5, 0.6) is 0 Å². The van der Waals surface area contributed by atoms with E-state index in [1.807, 2.05) is 0 Å². The van der Waals surface area contributed by atoms with Gasteiger partial charge in [-0.15, -0.1) is 0 Å². The topological polar surface area (TPSA) is 26.0 Å². The van der Waals surface area contributed by atoms with Crippen molar-refractivity contribution < 1.29 is 0 Å². The number of hydrogen-bond acceptors (Lipinski definition) is 1. The van der Waals surface area contributed by atoms with E-state index in [2.05, 4.69) is 45.0 Å². The highest BCUT2D eigenvalue weighted by Gasteiger charge is 2.11. The van der Waals surface area contributed by atoms with Crippen molar-refractivity contribution in [3.8, 4) is 0 Å². The molecule has 1 aromatic carbocycles. The Morgan fingerprint density at radius 1 is 1.23 bits per heavy atom. The summed E-state index contributed by atoms with van der Waals surface area (Å²) in [5.74, 6) is 0.558. The molecule has 0 aliphatic rings. The molecule has 1 rings (SSSR count). The van der Waals surface area contributed by atoms with Crippen LogP contribution in [-0.2, 0) is 0 Å². The highest BCUT2D eigenvalue weighted by molar-refractivity contribution is 5.24. The summed E-state index contributed by atoms with van der Waals surface area (Å²) < 4.78 is 0. The van der Waals surface area contributed by atoms with Gasteiger partial charge in [0.15, 0.2) is 0 Å². The van der Waals surface area contributed by atoms with Gasteiger partial charge in [0.1, 0.15) is 0 Å². The fourth-order valence-electron chi connectivity index (χ4n) is 1.37. The first kappa shape index (κ1) is 10.3. The average Bonchev–Trinajstić information content (AvgIpc) is 2.17. The van der Waals surface area contributed by atoms with E-state index in [4.69, 9.17) is 5.73 Å². The Labute approximate surface area is 81.0 Å². The van der Waals surface area contributed by atoms with Gasteiger partial charge in [-0.3, -0.25) is 0 Å². The number of aryl methyl sites for hydroxylation is 1. The first-order valence-electron chi connectivity index (χ1n) is 4.97. The molecule has 0 radical (unpaired) electrons. The van der Waals surface area contributed by atoms with Crippen molar-refractivity contribution in [2.45, 2.75) is 33.2 Å². The number of nitrogens with two attached hydrogens (primary N) is 1. The highest BCUT2D eigenvalue weighted by Crippen LogP contribution is 2.21. The van der Waals surface area contributed by atoms with Gasteiger partial charge in [0.05, 0.1) is 0 Å². The molecule has 0 amide bonds. The molecule has 1 aromatic rings. The lowest BCUT2D eigenvalue weighted by atomic mass is 9.93. The Kier molecular flexibility index (Phi) is 3.49. The Morgan fingerprint density at radius 2 is 1.77 bits per heavy atom. The van der Waals surface area contributed by atoms with Crippen molar-refractivity contribution in [2.75, 3.05) is 0 Å². The fourth-order valence-corrected chi connectivity index (χ4v) is 1.37. The molecule has 0 aliphatic carbocycles. The van der Waals surface area contributed by atoms with Crippen LogP contribution < -0.4 is 5.73 Å². The third kappa shape index (κ3) is 2.56. The Hall–Kier alpha value is -0.820. The maximum absolute atomic E-state index is 6.10. The molecule has 0 spiro atoms. The van der Waals surface area contributed by atoms with E-state index in [1.54, 1.807) is 0 Å². The van der Waals surface area contributed by atoms with E-state index in [-0.39, 0.29) is 6.04 Å². The monoisotopic (exact) mass is 177 g/mol. The molecule has 0 fully saturated rings. The molecular weight excluding hydrogens is 158 g/mol. The quantitative estimate of drug-likeness (QED) is 0.754. The normalized spacial score (nSPS) is 15.4. The molecular formula is C12H19N. The Morgan fingerprint density at radius 3 is 2.23 bits per heavy atom. The van der Waals surface area contributed by atoms with Crippen LogP contribution in [0, 0.1) is 12.8 Å². The molecule has 0 saturated carbocycles. The van der Waals surface area contributed by atoms with E-state index in [0.29, 0.717) is 5.92 Å². The van der Waals surface area contributed by atoms with Crippen molar-refractivity contribution in [2.24, 2.45) is 11.7 Å². The zero-order valence-electron chi connectivity index (χ0n) is 8.75. The minimum absolute atomic E-state index is 0.186. The molecule has 72 valence electrons. The molecule has 1 heteroatoms. The summed E-state index contributed by atoms with van der Waals surface area (Å²) in [5, 5.41) is 0. The average molecular weight is 177 g/mol. The molecule has 2 atom stereocenters. The summed E-state index contributed by atoms with van der Waals surface area (Å²) in [6.45, 7) is 6.47. The van der Waals surface area contributed by atoms with Gasteiger partial charge in [-0.2, -0.15) is 0 Å². The fraction of sp³-hybridized carbons (Fsp3) is 0.500. The lowest BCUT2D eigenvalue weighted by Crippen LogP contribution is -2.18. The molecule has 0 saturated heterocycles. The van der Waals surface area contributed by atoms with E-state index in [0.717, 1.165) is 6.42 Å². The Balaban J connectivity index is 2.77. The molecule has 0 bridgehead atoms. The third-order valence-electron chi connectivity index (χ3n) is 2.72. The molecule has 0 aliphatic heterocycles. The molecule has 13 heavy (non-hydrogen) atoms. The van der Waals surface area contributed by atoms with E-state index < -0.39 is 0 Å². The van der Waals surface area contributed by atoms with Gasteiger partial charge in [0.2, 0.25) is 0 Å². The first-order valence-corrected chi connectivity index (χ1v) is 4.97. The van der Waals surface area contributed by atoms with Crippen molar-refractivity contribution in [1.82, 2.24) is 0 Å². The smallest absolute Gasteiger partial charge is 0.0320 e. The van der Waals surface area contributed by atoms with Gasteiger partial charge in [-0.25, -0.2) is 0 Å². The summed E-state index contributed by atoms with van der Waals surface area (Å²) in [6.07, 6.45) is 1.13. The first-order chi connectivity index (χ1) is 6.15. The van der Waals surface area contributed by atoms with Gasteiger partial charge < -0.3 is 5.73 Å². The minimum atomic E-state index is 0.186. The SMILES string of the molecule is CCC(C)[C@H](N)c1ccc(C)cc1. The summed E-state index contributed by atoms with van der Waals surface area (Å²) >= 11 is 0. The van der Waals surface area contributed by atoms with Crippen LogP contribution in [0.4, 0.5) is 0 Å². The summed E-state index contributed by atoms with van der Waals surface area (Å²) in [6, 6.07) is 8.69. The van der Waals surface area contributed by atoms with Crippen molar-refractivity contribution >= 4 is 0 Å². The molecule has 1 unspecified atom stereocenters. The molecule has 2 N–H and O–H groups in total. The van der Waals surface area contributed by atoms with Gasteiger partial charge in [-0.05, 0) is 18.4 Å². The van der Waals surface area contributed by atoms with Crippen LogP contribution in [-0.4, -0.2) is 0 Å². The number of hydrogen-bond donors (Lipinski definition) is 1. The Bertz CT molecular complexity index is 250. The second kappa shape index (κ2) is 4.43. The number of benzene rings is 1. The second-order valence-electron chi connectivity index (χ2n) is 3.82. The standard InChI is InChI=1S/C12H19N/c1-4-10(3)12(13)11-7-5-9(2)6-8-11/h5-8,10,12H,4,13H2,1-3H3/t10?,12-/m0/s1. The second-order valence-corrected chi connectivity index (χ2v) is 3.82. The zero-order valence-corrected chi connectivity index (χ0v) is 8.75. The largest absolute Gasteiger partial charge is 0.324 e. The summed E-state index contributed by atoms with van der Waals surface area (Å²) in [7, 11) is 0. The van der Waals surface area contributed by atoms with Gasteiger partial charge in [-0.1, -0.05) is 50.1 Å². The van der Waals surface area contributed by atoms with Crippen LogP contribution >= 0.6 is 0 Å². The predicted molar refractivity (Wildman–Crippen MR) is 57.6 cm³/mol. The van der Waals surface area contributed by atoms with E-state index in [9.17, 15) is 0 Å². The van der Waals surface area contributed by atoms with Crippen molar-refractivity contribution in [3.63, 3.8) is 0 Å². The zero-order chi connectivity index (χ0) is 9.84. The molecule has 0 heterocycles. The highest BCUT2D eigenvalue weighted by atomic mass is 14.6. The number of rotatable bonds is 3. The molecule has 0 aromatic heterocycles. The van der Waals surface area contributed by atoms with Crippen molar-refractivity contribution in [3.05, 3.63) is 35.4 Å². The summed E-state index contributed by atoms with van der Waals surface area (Å²) in [5.41, 5.74) is 8.64. The van der Waals surface area contributed by atoms with E-state index >= 15 is 0 Å². The lowest BCUT2D eigenvalue weighted by molar-refractivity contribution is 0.457. The van der Waals surface area contributed by atoms with Crippen LogP contribution in [0.2, 0.25) is 0 Å². The maximum Gasteiger partial charge on any atom is 0.0320 e. The van der Waals surface area contributed by atoms with Crippen LogP contribution in [0.3, 0.4) is 0 Å². The van der Waals surface area contributed by atoms with Crippen LogP contribution in [0.25, 0.3) is 0 Å². The molecule has 1 nitrogen and oxygen atoms in total. The predicted octanol–water partition coefficient (Wildman–Crippen LogP) is 3.04. The minimum Gasteiger partial charge on any atom is -0.324 e. The summed E-state index contributed by atoms with van der Waals surface area (Å²) in [4.78, 5) is 0. The van der Waals surface area contributed by atoms with Crippen LogP contribution in [0.1, 0.15) is 37.4 Å². The lowest BCUT2D eigenvalue weighted by Gasteiger charge is -2.18. The van der Waals surface area contributed by atoms with Gasteiger partial charge in [0, 0.05) is 6.04 Å². The maximum atomic E-state index is 6.10. The third-order valence-corrected chi connectivity index (χ3v) is 2.72. The van der Waals surface area contributed by atoms with E-state index in [1.165, 1.54) is 11.1 Å². The van der Waals surface area contributed by atoms with Crippen molar-refractivity contribution in [1.29, 1.82) is 0 Å². The van der Waals surface area contributed by atoms with Crippen LogP contribution in [0.15, 0.2) is 24.3 Å². The van der Waals surface area contributed by atoms with Gasteiger partial charge in [0.25, 0.3) is 0 Å².